The minimum Gasteiger partial charge on any atom is -0.326 e. The molecular weight excluding hydrogens is 388 g/mol. The maximum absolute atomic E-state index is 12.7. The zero-order chi connectivity index (χ0) is 21.8. The third kappa shape index (κ3) is 4.97. The van der Waals surface area contributed by atoms with E-state index in [1.54, 1.807) is 0 Å². The molecule has 2 fully saturated rings. The largest absolute Gasteiger partial charge is 0.326 e. The first-order valence-electron chi connectivity index (χ1n) is 11.2. The second-order valence-corrected chi connectivity index (χ2v) is 8.92. The van der Waals surface area contributed by atoms with Crippen LogP contribution in [0.5, 0.6) is 0 Å². The number of amides is 3. The molecule has 1 N–H and O–H groups in total. The van der Waals surface area contributed by atoms with Gasteiger partial charge in [0.1, 0.15) is 6.04 Å². The Kier molecular flexibility index (Phi) is 6.68. The highest BCUT2D eigenvalue weighted by Gasteiger charge is 2.39. The van der Waals surface area contributed by atoms with E-state index >= 15 is 0 Å². The van der Waals surface area contributed by atoms with Gasteiger partial charge in [-0.05, 0) is 23.5 Å². The SMILES string of the molecule is CC(C)CC1NC(=O)N(CN2CCN(C(c3ccccc3)c3ccccc3)CC2)C1=O. The first-order chi connectivity index (χ1) is 15.0. The number of nitrogens with one attached hydrogen (secondary N) is 1. The van der Waals surface area contributed by atoms with Gasteiger partial charge >= 0.3 is 6.03 Å². The smallest absolute Gasteiger partial charge is 0.325 e. The molecule has 6 nitrogen and oxygen atoms in total. The molecule has 0 spiro atoms. The number of hydrogen-bond acceptors (Lipinski definition) is 4. The average Bonchev–Trinajstić information content (AvgIpc) is 3.03. The van der Waals surface area contributed by atoms with Gasteiger partial charge in [-0.25, -0.2) is 9.69 Å². The fraction of sp³-hybridized carbons (Fsp3) is 0.440. The Morgan fingerprint density at radius 2 is 1.42 bits per heavy atom. The van der Waals surface area contributed by atoms with Gasteiger partial charge in [-0.1, -0.05) is 74.5 Å². The predicted molar refractivity (Wildman–Crippen MR) is 121 cm³/mol. The molecule has 2 aliphatic heterocycles. The number of rotatable bonds is 7. The van der Waals surface area contributed by atoms with Gasteiger partial charge in [-0.2, -0.15) is 0 Å². The lowest BCUT2D eigenvalue weighted by atomic mass is 9.96. The Bertz CT molecular complexity index is 839. The Morgan fingerprint density at radius 1 is 0.871 bits per heavy atom. The molecule has 2 aromatic rings. The van der Waals surface area contributed by atoms with E-state index in [-0.39, 0.29) is 24.0 Å². The van der Waals surface area contributed by atoms with Gasteiger partial charge in [0.2, 0.25) is 0 Å². The summed E-state index contributed by atoms with van der Waals surface area (Å²) in [5.41, 5.74) is 2.57. The molecule has 31 heavy (non-hydrogen) atoms. The molecule has 1 atom stereocenters. The lowest BCUT2D eigenvalue weighted by Gasteiger charge is -2.40. The number of hydrogen-bond donors (Lipinski definition) is 1. The second-order valence-electron chi connectivity index (χ2n) is 8.92. The first-order valence-corrected chi connectivity index (χ1v) is 11.2. The van der Waals surface area contributed by atoms with E-state index in [1.165, 1.54) is 16.0 Å². The monoisotopic (exact) mass is 420 g/mol. The Morgan fingerprint density at radius 3 is 1.94 bits per heavy atom. The van der Waals surface area contributed by atoms with Crippen LogP contribution in [0.1, 0.15) is 37.4 Å². The highest BCUT2D eigenvalue weighted by molar-refractivity contribution is 6.04. The molecule has 1 unspecified atom stereocenters. The minimum absolute atomic E-state index is 0.0902. The minimum atomic E-state index is -0.380. The predicted octanol–water partition coefficient (Wildman–Crippen LogP) is 3.32. The standard InChI is InChI=1S/C25H32N4O2/c1-19(2)17-22-24(30)29(25(31)26-22)18-27-13-15-28(16-14-27)23(20-9-5-3-6-10-20)21-11-7-4-8-12-21/h3-12,19,22-23H,13-18H2,1-2H3,(H,26,31). The van der Waals surface area contributed by atoms with Gasteiger partial charge in [0.05, 0.1) is 12.7 Å². The molecule has 0 aromatic heterocycles. The number of piperazine rings is 1. The van der Waals surface area contributed by atoms with Crippen molar-refractivity contribution in [3.8, 4) is 0 Å². The molecule has 2 aliphatic rings. The third-order valence-electron chi connectivity index (χ3n) is 6.16. The van der Waals surface area contributed by atoms with Crippen LogP contribution in [0, 0.1) is 5.92 Å². The zero-order valence-corrected chi connectivity index (χ0v) is 18.4. The third-order valence-corrected chi connectivity index (χ3v) is 6.16. The van der Waals surface area contributed by atoms with E-state index in [4.69, 9.17) is 0 Å². The fourth-order valence-corrected chi connectivity index (χ4v) is 4.59. The second kappa shape index (κ2) is 9.62. The molecule has 4 rings (SSSR count). The van der Waals surface area contributed by atoms with E-state index in [0.29, 0.717) is 19.0 Å². The van der Waals surface area contributed by atoms with Crippen molar-refractivity contribution in [1.82, 2.24) is 20.0 Å². The molecule has 0 saturated carbocycles. The summed E-state index contributed by atoms with van der Waals surface area (Å²) >= 11 is 0. The van der Waals surface area contributed by atoms with Crippen molar-refractivity contribution in [2.45, 2.75) is 32.4 Å². The summed E-state index contributed by atoms with van der Waals surface area (Å²) in [6.07, 6.45) is 0.685. The van der Waals surface area contributed by atoms with Crippen LogP contribution in [0.15, 0.2) is 60.7 Å². The van der Waals surface area contributed by atoms with Crippen molar-refractivity contribution in [1.29, 1.82) is 0 Å². The van der Waals surface area contributed by atoms with E-state index < -0.39 is 0 Å². The van der Waals surface area contributed by atoms with Crippen LogP contribution in [0.4, 0.5) is 4.79 Å². The van der Waals surface area contributed by atoms with Gasteiger partial charge in [0.15, 0.2) is 0 Å². The van der Waals surface area contributed by atoms with Gasteiger partial charge in [-0.15, -0.1) is 0 Å². The zero-order valence-electron chi connectivity index (χ0n) is 18.4. The topological polar surface area (TPSA) is 55.9 Å². The molecule has 3 amide bonds. The molecule has 164 valence electrons. The number of carbonyl (C=O) groups excluding carboxylic acids is 2. The van der Waals surface area contributed by atoms with E-state index in [0.717, 1.165) is 26.2 Å². The lowest BCUT2D eigenvalue weighted by Crippen LogP contribution is -2.52. The van der Waals surface area contributed by atoms with Crippen molar-refractivity contribution in [2.24, 2.45) is 5.92 Å². The molecule has 0 radical (unpaired) electrons. The molecule has 0 bridgehead atoms. The number of nitrogens with zero attached hydrogens (tertiary/aromatic N) is 3. The quantitative estimate of drug-likeness (QED) is 0.699. The van der Waals surface area contributed by atoms with Crippen molar-refractivity contribution in [2.75, 3.05) is 32.8 Å². The fourth-order valence-electron chi connectivity index (χ4n) is 4.59. The van der Waals surface area contributed by atoms with Crippen LogP contribution in [0.2, 0.25) is 0 Å². The maximum atomic E-state index is 12.7. The summed E-state index contributed by atoms with van der Waals surface area (Å²) in [6, 6.07) is 20.8. The Labute approximate surface area is 184 Å². The summed E-state index contributed by atoms with van der Waals surface area (Å²) in [7, 11) is 0. The highest BCUT2D eigenvalue weighted by atomic mass is 16.2. The van der Waals surface area contributed by atoms with Crippen LogP contribution >= 0.6 is 0 Å². The van der Waals surface area contributed by atoms with E-state index in [1.807, 2.05) is 12.1 Å². The van der Waals surface area contributed by atoms with Gasteiger partial charge in [-0.3, -0.25) is 14.6 Å². The number of carbonyl (C=O) groups is 2. The first kappa shape index (κ1) is 21.5. The van der Waals surface area contributed by atoms with Crippen LogP contribution in [0.25, 0.3) is 0 Å². The van der Waals surface area contributed by atoms with Crippen molar-refractivity contribution < 1.29 is 9.59 Å². The van der Waals surface area contributed by atoms with Gasteiger partial charge < -0.3 is 5.32 Å². The van der Waals surface area contributed by atoms with Crippen LogP contribution < -0.4 is 5.32 Å². The van der Waals surface area contributed by atoms with Gasteiger partial charge in [0.25, 0.3) is 5.91 Å². The van der Waals surface area contributed by atoms with Crippen LogP contribution in [-0.4, -0.2) is 65.5 Å². The Balaban J connectivity index is 1.40. The highest BCUT2D eigenvalue weighted by Crippen LogP contribution is 2.29. The summed E-state index contributed by atoms with van der Waals surface area (Å²) in [4.78, 5) is 31.1. The van der Waals surface area contributed by atoms with Crippen LogP contribution in [0.3, 0.4) is 0 Å². The normalized spacial score (nSPS) is 20.6. The molecule has 2 heterocycles. The number of imide groups is 1. The van der Waals surface area contributed by atoms with Crippen LogP contribution in [-0.2, 0) is 4.79 Å². The Hall–Kier alpha value is -2.70. The van der Waals surface area contributed by atoms with Gasteiger partial charge in [0, 0.05) is 26.2 Å². The van der Waals surface area contributed by atoms with E-state index in [2.05, 4.69) is 77.5 Å². The molecule has 2 aromatic carbocycles. The van der Waals surface area contributed by atoms with Crippen molar-refractivity contribution >= 4 is 11.9 Å². The molecular formula is C25H32N4O2. The van der Waals surface area contributed by atoms with Crippen molar-refractivity contribution in [3.63, 3.8) is 0 Å². The number of benzene rings is 2. The molecule has 0 aliphatic carbocycles. The molecule has 2 saturated heterocycles. The summed E-state index contributed by atoms with van der Waals surface area (Å²) in [5.74, 6) is 0.276. The molecule has 6 heteroatoms. The lowest BCUT2D eigenvalue weighted by molar-refractivity contribution is -0.129. The maximum Gasteiger partial charge on any atom is 0.325 e. The summed E-state index contributed by atoms with van der Waals surface area (Å²) < 4.78 is 0. The van der Waals surface area contributed by atoms with Crippen molar-refractivity contribution in [3.05, 3.63) is 71.8 Å². The average molecular weight is 421 g/mol. The van der Waals surface area contributed by atoms with E-state index in [9.17, 15) is 9.59 Å². The summed E-state index contributed by atoms with van der Waals surface area (Å²) in [5, 5.41) is 2.85. The summed E-state index contributed by atoms with van der Waals surface area (Å²) in [6.45, 7) is 7.91. The number of urea groups is 1.